The highest BCUT2D eigenvalue weighted by atomic mass is 35.5. The van der Waals surface area contributed by atoms with Gasteiger partial charge in [0.05, 0.1) is 10.6 Å². The first-order valence-electron chi connectivity index (χ1n) is 11.4. The second-order valence-electron chi connectivity index (χ2n) is 9.19. The number of benzene rings is 2. The Hall–Kier alpha value is -2.11. The van der Waals surface area contributed by atoms with E-state index >= 15 is 0 Å². The molecule has 2 aliphatic rings. The number of fused-ring (bicyclic) bond motifs is 1. The van der Waals surface area contributed by atoms with Crippen molar-refractivity contribution in [3.05, 3.63) is 82.4 Å². The molecule has 31 heavy (non-hydrogen) atoms. The van der Waals surface area contributed by atoms with E-state index in [-0.39, 0.29) is 10.8 Å². The molecule has 0 aromatic heterocycles. The fourth-order valence-electron chi connectivity index (χ4n) is 5.50. The molecular weight excluding hydrogens is 410 g/mol. The van der Waals surface area contributed by atoms with Crippen LogP contribution in [0.15, 0.2) is 49.1 Å². The fraction of sp³-hybridized carbons (Fsp3) is 0.429. The standard InChI is InChI=1S/C28H29ClF2/c1-2-3-4-19-6-9-23-17-24(13-12-22(23)15-19)25-11-10-21(27(30)18-25)8-5-20-7-14-26(29)28(31)16-20/h2,7,10-11,14,16,18-19,22-24H,1,3-4,6,9,12-13,15,17H2. The SMILES string of the molecule is C=CCCC1CCC2CC(c3ccc(C#Cc4ccc(Cl)c(F)c4)c(F)c3)CCC2C1. The monoisotopic (exact) mass is 438 g/mol. The molecule has 0 amide bonds. The van der Waals surface area contributed by atoms with E-state index in [1.54, 1.807) is 18.2 Å². The third-order valence-electron chi connectivity index (χ3n) is 7.23. The van der Waals surface area contributed by atoms with Crippen molar-refractivity contribution in [2.75, 3.05) is 0 Å². The molecule has 4 unspecified atom stereocenters. The first-order valence-corrected chi connectivity index (χ1v) is 11.8. The summed E-state index contributed by atoms with van der Waals surface area (Å²) in [4.78, 5) is 0. The molecule has 4 rings (SSSR count). The van der Waals surface area contributed by atoms with Crippen molar-refractivity contribution < 1.29 is 8.78 Å². The van der Waals surface area contributed by atoms with Crippen LogP contribution in [0.4, 0.5) is 8.78 Å². The number of halogens is 3. The van der Waals surface area contributed by atoms with Gasteiger partial charge in [-0.1, -0.05) is 42.0 Å². The van der Waals surface area contributed by atoms with Gasteiger partial charge >= 0.3 is 0 Å². The van der Waals surface area contributed by atoms with Crippen LogP contribution in [0.5, 0.6) is 0 Å². The molecule has 2 aliphatic carbocycles. The van der Waals surface area contributed by atoms with Crippen molar-refractivity contribution in [3.63, 3.8) is 0 Å². The second kappa shape index (κ2) is 10.0. The Kier molecular flexibility index (Phi) is 7.13. The van der Waals surface area contributed by atoms with E-state index in [4.69, 9.17) is 11.6 Å². The average molecular weight is 439 g/mol. The molecular formula is C28H29ClF2. The van der Waals surface area contributed by atoms with Crippen LogP contribution in [-0.2, 0) is 0 Å². The van der Waals surface area contributed by atoms with Gasteiger partial charge in [-0.05, 0) is 105 Å². The van der Waals surface area contributed by atoms with Gasteiger partial charge in [-0.2, -0.15) is 0 Å². The molecule has 3 heteroatoms. The summed E-state index contributed by atoms with van der Waals surface area (Å²) in [6, 6.07) is 9.82. The number of hydrogen-bond acceptors (Lipinski definition) is 0. The summed E-state index contributed by atoms with van der Waals surface area (Å²) >= 11 is 5.70. The molecule has 0 aliphatic heterocycles. The summed E-state index contributed by atoms with van der Waals surface area (Å²) in [7, 11) is 0. The summed E-state index contributed by atoms with van der Waals surface area (Å²) in [5, 5.41) is 0.0565. The molecule has 0 heterocycles. The highest BCUT2D eigenvalue weighted by molar-refractivity contribution is 6.30. The second-order valence-corrected chi connectivity index (χ2v) is 9.60. The molecule has 0 radical (unpaired) electrons. The van der Waals surface area contributed by atoms with Crippen molar-refractivity contribution in [2.45, 2.75) is 57.3 Å². The largest absolute Gasteiger partial charge is 0.206 e. The van der Waals surface area contributed by atoms with E-state index in [2.05, 4.69) is 18.4 Å². The number of rotatable bonds is 4. The molecule has 2 fully saturated rings. The first kappa shape index (κ1) is 22.1. The van der Waals surface area contributed by atoms with E-state index in [9.17, 15) is 8.78 Å². The normalized spacial score (nSPS) is 25.3. The van der Waals surface area contributed by atoms with Crippen LogP contribution in [0, 0.1) is 41.2 Å². The van der Waals surface area contributed by atoms with Crippen LogP contribution < -0.4 is 0 Å². The van der Waals surface area contributed by atoms with Gasteiger partial charge in [0.1, 0.15) is 11.6 Å². The quantitative estimate of drug-likeness (QED) is 0.332. The van der Waals surface area contributed by atoms with Crippen LogP contribution in [0.25, 0.3) is 0 Å². The molecule has 0 nitrogen and oxygen atoms in total. The van der Waals surface area contributed by atoms with Crippen LogP contribution in [0.1, 0.15) is 74.0 Å². The lowest BCUT2D eigenvalue weighted by atomic mass is 9.63. The van der Waals surface area contributed by atoms with Gasteiger partial charge in [-0.3, -0.25) is 0 Å². The van der Waals surface area contributed by atoms with Crippen LogP contribution >= 0.6 is 11.6 Å². The highest BCUT2D eigenvalue weighted by Gasteiger charge is 2.35. The topological polar surface area (TPSA) is 0 Å². The molecule has 0 saturated heterocycles. The molecule has 2 saturated carbocycles. The average Bonchev–Trinajstić information content (AvgIpc) is 2.78. The zero-order valence-electron chi connectivity index (χ0n) is 17.8. The van der Waals surface area contributed by atoms with Crippen LogP contribution in [0.2, 0.25) is 5.02 Å². The van der Waals surface area contributed by atoms with Gasteiger partial charge in [-0.25, -0.2) is 8.78 Å². The van der Waals surface area contributed by atoms with Gasteiger partial charge < -0.3 is 0 Å². The van der Waals surface area contributed by atoms with Gasteiger partial charge in [0.15, 0.2) is 0 Å². The minimum atomic E-state index is -0.519. The van der Waals surface area contributed by atoms with Crippen molar-refractivity contribution in [2.24, 2.45) is 17.8 Å². The lowest BCUT2D eigenvalue weighted by molar-refractivity contribution is 0.115. The fourth-order valence-corrected chi connectivity index (χ4v) is 5.62. The summed E-state index contributed by atoms with van der Waals surface area (Å²) < 4.78 is 28.3. The van der Waals surface area contributed by atoms with Crippen molar-refractivity contribution in [1.29, 1.82) is 0 Å². The maximum atomic E-state index is 14.7. The Bertz CT molecular complexity index is 1000. The third-order valence-corrected chi connectivity index (χ3v) is 7.53. The minimum absolute atomic E-state index is 0.0565. The van der Waals surface area contributed by atoms with E-state index in [0.717, 1.165) is 36.2 Å². The summed E-state index contributed by atoms with van der Waals surface area (Å²) in [6.45, 7) is 3.86. The predicted molar refractivity (Wildman–Crippen MR) is 124 cm³/mol. The molecule has 2 aromatic rings. The summed E-state index contributed by atoms with van der Waals surface area (Å²) in [5.41, 5.74) is 1.91. The zero-order chi connectivity index (χ0) is 21.8. The zero-order valence-corrected chi connectivity index (χ0v) is 18.6. The minimum Gasteiger partial charge on any atom is -0.206 e. The van der Waals surface area contributed by atoms with Crippen molar-refractivity contribution >= 4 is 11.6 Å². The maximum absolute atomic E-state index is 14.7. The van der Waals surface area contributed by atoms with Gasteiger partial charge in [0, 0.05) is 5.56 Å². The molecule has 0 N–H and O–H groups in total. The van der Waals surface area contributed by atoms with E-state index in [0.29, 0.717) is 17.0 Å². The van der Waals surface area contributed by atoms with E-state index < -0.39 is 5.82 Å². The molecule has 2 aromatic carbocycles. The smallest absolute Gasteiger partial charge is 0.143 e. The molecule has 0 bridgehead atoms. The van der Waals surface area contributed by atoms with Gasteiger partial charge in [-0.15, -0.1) is 6.58 Å². The Morgan fingerprint density at radius 3 is 2.52 bits per heavy atom. The Balaban J connectivity index is 1.41. The Morgan fingerprint density at radius 2 is 1.74 bits per heavy atom. The van der Waals surface area contributed by atoms with Gasteiger partial charge in [0.2, 0.25) is 0 Å². The maximum Gasteiger partial charge on any atom is 0.143 e. The predicted octanol–water partition coefficient (Wildman–Crippen LogP) is 8.28. The van der Waals surface area contributed by atoms with E-state index in [1.165, 1.54) is 50.7 Å². The summed E-state index contributed by atoms with van der Waals surface area (Å²) in [5.74, 6) is 7.77. The third kappa shape index (κ3) is 5.39. The van der Waals surface area contributed by atoms with E-state index in [1.807, 2.05) is 12.1 Å². The Labute approximate surface area is 189 Å². The molecule has 4 atom stereocenters. The lowest BCUT2D eigenvalue weighted by Gasteiger charge is -2.42. The van der Waals surface area contributed by atoms with Crippen molar-refractivity contribution in [3.8, 4) is 11.8 Å². The van der Waals surface area contributed by atoms with Crippen LogP contribution in [-0.4, -0.2) is 0 Å². The first-order chi connectivity index (χ1) is 15.0. The Morgan fingerprint density at radius 1 is 0.935 bits per heavy atom. The summed E-state index contributed by atoms with van der Waals surface area (Å²) in [6.07, 6.45) is 12.0. The lowest BCUT2D eigenvalue weighted by Crippen LogP contribution is -2.30. The molecule has 162 valence electrons. The number of allylic oxidation sites excluding steroid dienone is 1. The number of hydrogen-bond donors (Lipinski definition) is 0. The highest BCUT2D eigenvalue weighted by Crippen LogP contribution is 2.48. The van der Waals surface area contributed by atoms with Crippen molar-refractivity contribution in [1.82, 2.24) is 0 Å². The molecule has 0 spiro atoms. The van der Waals surface area contributed by atoms with Gasteiger partial charge in [0.25, 0.3) is 0 Å². The van der Waals surface area contributed by atoms with Crippen LogP contribution in [0.3, 0.4) is 0 Å².